The Kier molecular flexibility index (Phi) is 5.43. The van der Waals surface area contributed by atoms with E-state index in [1.165, 1.54) is 0 Å². The zero-order valence-electron chi connectivity index (χ0n) is 12.1. The molecule has 20 heavy (non-hydrogen) atoms. The Morgan fingerprint density at radius 1 is 1.00 bits per heavy atom. The van der Waals surface area contributed by atoms with Crippen LogP contribution in [0.1, 0.15) is 25.2 Å². The lowest BCUT2D eigenvalue weighted by molar-refractivity contribution is 0.264. The quantitative estimate of drug-likeness (QED) is 0.837. The van der Waals surface area contributed by atoms with Crippen molar-refractivity contribution in [3.8, 4) is 0 Å². The number of anilines is 1. The lowest BCUT2D eigenvalue weighted by atomic mass is 10.3. The number of nitrogens with zero attached hydrogens (tertiary/aromatic N) is 4. The van der Waals surface area contributed by atoms with Crippen LogP contribution in [0.2, 0.25) is 0 Å². The molecule has 0 fully saturated rings. The molecule has 0 saturated heterocycles. The van der Waals surface area contributed by atoms with Gasteiger partial charge in [0.15, 0.2) is 0 Å². The van der Waals surface area contributed by atoms with Crippen LogP contribution >= 0.6 is 0 Å². The van der Waals surface area contributed by atoms with E-state index in [4.69, 9.17) is 0 Å². The van der Waals surface area contributed by atoms with Crippen molar-refractivity contribution in [2.45, 2.75) is 26.9 Å². The van der Waals surface area contributed by atoms with Crippen LogP contribution in [0.3, 0.4) is 0 Å². The lowest BCUT2D eigenvalue weighted by Gasteiger charge is -2.19. The minimum Gasteiger partial charge on any atom is -0.369 e. The molecule has 0 aliphatic carbocycles. The number of pyridine rings is 1. The second-order valence-electron chi connectivity index (χ2n) is 4.55. The molecule has 0 unspecified atom stereocenters. The van der Waals surface area contributed by atoms with E-state index < -0.39 is 0 Å². The van der Waals surface area contributed by atoms with E-state index in [9.17, 15) is 0 Å². The topological polar surface area (TPSA) is 53.9 Å². The highest BCUT2D eigenvalue weighted by molar-refractivity contribution is 5.30. The molecule has 2 rings (SSSR count). The lowest BCUT2D eigenvalue weighted by Crippen LogP contribution is -2.23. The van der Waals surface area contributed by atoms with Gasteiger partial charge in [-0.05, 0) is 25.6 Å². The summed E-state index contributed by atoms with van der Waals surface area (Å²) in [4.78, 5) is 15.4. The standard InChI is InChI=1S/C15H21N5/c1-3-16-15-10-18-14(9-19-15)12-20(4-2)11-13-7-5-6-8-17-13/h5-10H,3-4,11-12H2,1-2H3,(H,16,19). The maximum absolute atomic E-state index is 4.44. The first-order valence-electron chi connectivity index (χ1n) is 6.98. The normalized spacial score (nSPS) is 10.8. The summed E-state index contributed by atoms with van der Waals surface area (Å²) in [6.07, 6.45) is 5.45. The Labute approximate surface area is 120 Å². The molecular formula is C15H21N5. The summed E-state index contributed by atoms with van der Waals surface area (Å²) < 4.78 is 0. The summed E-state index contributed by atoms with van der Waals surface area (Å²) in [6, 6.07) is 5.99. The van der Waals surface area contributed by atoms with E-state index in [2.05, 4.69) is 32.1 Å². The molecule has 5 heteroatoms. The van der Waals surface area contributed by atoms with Gasteiger partial charge < -0.3 is 5.32 Å². The molecule has 0 aromatic carbocycles. The third kappa shape index (κ3) is 4.28. The molecule has 0 bridgehead atoms. The maximum atomic E-state index is 4.44. The summed E-state index contributed by atoms with van der Waals surface area (Å²) in [5.74, 6) is 0.823. The van der Waals surface area contributed by atoms with Crippen LogP contribution in [0.4, 0.5) is 5.82 Å². The minimum absolute atomic E-state index is 0.784. The highest BCUT2D eigenvalue weighted by Gasteiger charge is 2.07. The second-order valence-corrected chi connectivity index (χ2v) is 4.55. The molecule has 2 heterocycles. The van der Waals surface area contributed by atoms with Gasteiger partial charge in [-0.1, -0.05) is 13.0 Å². The predicted octanol–water partition coefficient (Wildman–Crippen LogP) is 2.33. The zero-order chi connectivity index (χ0) is 14.2. The molecule has 0 aliphatic heterocycles. The molecule has 2 aromatic rings. The highest BCUT2D eigenvalue weighted by Crippen LogP contribution is 2.07. The monoisotopic (exact) mass is 271 g/mol. The van der Waals surface area contributed by atoms with Crippen LogP contribution in [0.25, 0.3) is 0 Å². The van der Waals surface area contributed by atoms with Crippen LogP contribution in [0, 0.1) is 0 Å². The third-order valence-corrected chi connectivity index (χ3v) is 3.01. The predicted molar refractivity (Wildman–Crippen MR) is 80.2 cm³/mol. The summed E-state index contributed by atoms with van der Waals surface area (Å²) in [7, 11) is 0. The molecule has 2 aromatic heterocycles. The first kappa shape index (κ1) is 14.4. The van der Waals surface area contributed by atoms with Gasteiger partial charge in [0, 0.05) is 25.8 Å². The van der Waals surface area contributed by atoms with Gasteiger partial charge in [-0.25, -0.2) is 4.98 Å². The Morgan fingerprint density at radius 3 is 2.45 bits per heavy atom. The number of aromatic nitrogens is 3. The van der Waals surface area contributed by atoms with Crippen molar-refractivity contribution in [3.05, 3.63) is 48.2 Å². The molecular weight excluding hydrogens is 250 g/mol. The van der Waals surface area contributed by atoms with Crippen molar-refractivity contribution < 1.29 is 0 Å². The molecule has 106 valence electrons. The summed E-state index contributed by atoms with van der Waals surface area (Å²) in [6.45, 7) is 7.60. The molecule has 5 nitrogen and oxygen atoms in total. The van der Waals surface area contributed by atoms with Gasteiger partial charge in [0.05, 0.1) is 23.8 Å². The van der Waals surface area contributed by atoms with E-state index >= 15 is 0 Å². The van der Waals surface area contributed by atoms with Gasteiger partial charge in [0.25, 0.3) is 0 Å². The highest BCUT2D eigenvalue weighted by atomic mass is 15.1. The summed E-state index contributed by atoms with van der Waals surface area (Å²) >= 11 is 0. The van der Waals surface area contributed by atoms with E-state index in [1.54, 1.807) is 6.20 Å². The van der Waals surface area contributed by atoms with Crippen molar-refractivity contribution >= 4 is 5.82 Å². The number of rotatable bonds is 7. The molecule has 0 radical (unpaired) electrons. The van der Waals surface area contributed by atoms with Crippen molar-refractivity contribution in [1.29, 1.82) is 0 Å². The maximum Gasteiger partial charge on any atom is 0.144 e. The average molecular weight is 271 g/mol. The van der Waals surface area contributed by atoms with Crippen LogP contribution in [0.5, 0.6) is 0 Å². The Bertz CT molecular complexity index is 497. The van der Waals surface area contributed by atoms with Crippen molar-refractivity contribution in [2.75, 3.05) is 18.4 Å². The minimum atomic E-state index is 0.784. The van der Waals surface area contributed by atoms with E-state index in [0.717, 1.165) is 43.4 Å². The smallest absolute Gasteiger partial charge is 0.144 e. The Hall–Kier alpha value is -2.01. The largest absolute Gasteiger partial charge is 0.369 e. The van der Waals surface area contributed by atoms with Crippen molar-refractivity contribution in [3.63, 3.8) is 0 Å². The number of hydrogen-bond donors (Lipinski definition) is 1. The summed E-state index contributed by atoms with van der Waals surface area (Å²) in [5.41, 5.74) is 2.05. The number of nitrogens with one attached hydrogen (secondary N) is 1. The zero-order valence-corrected chi connectivity index (χ0v) is 12.1. The van der Waals surface area contributed by atoms with Gasteiger partial charge in [-0.15, -0.1) is 0 Å². The Morgan fingerprint density at radius 2 is 1.85 bits per heavy atom. The summed E-state index contributed by atoms with van der Waals surface area (Å²) in [5, 5.41) is 3.14. The average Bonchev–Trinajstić information content (AvgIpc) is 2.50. The molecule has 0 amide bonds. The van der Waals surface area contributed by atoms with Crippen molar-refractivity contribution in [2.24, 2.45) is 0 Å². The second kappa shape index (κ2) is 7.55. The molecule has 0 aliphatic rings. The van der Waals surface area contributed by atoms with E-state index in [-0.39, 0.29) is 0 Å². The van der Waals surface area contributed by atoms with E-state index in [0.29, 0.717) is 0 Å². The SMILES string of the molecule is CCNc1cnc(CN(CC)Cc2ccccn2)cn1. The van der Waals surface area contributed by atoms with Gasteiger partial charge in [-0.2, -0.15) is 0 Å². The van der Waals surface area contributed by atoms with Gasteiger partial charge in [0.2, 0.25) is 0 Å². The van der Waals surface area contributed by atoms with Crippen LogP contribution in [-0.4, -0.2) is 32.9 Å². The van der Waals surface area contributed by atoms with Crippen LogP contribution in [0.15, 0.2) is 36.8 Å². The van der Waals surface area contributed by atoms with Crippen LogP contribution in [-0.2, 0) is 13.1 Å². The van der Waals surface area contributed by atoms with Gasteiger partial charge in [-0.3, -0.25) is 14.9 Å². The Balaban J connectivity index is 1.95. The first-order valence-corrected chi connectivity index (χ1v) is 6.98. The fourth-order valence-corrected chi connectivity index (χ4v) is 1.94. The fourth-order valence-electron chi connectivity index (χ4n) is 1.94. The molecule has 0 saturated carbocycles. The molecule has 0 spiro atoms. The molecule has 0 atom stereocenters. The first-order chi connectivity index (χ1) is 9.81. The number of hydrogen-bond acceptors (Lipinski definition) is 5. The van der Waals surface area contributed by atoms with Crippen molar-refractivity contribution in [1.82, 2.24) is 19.9 Å². The fraction of sp³-hybridized carbons (Fsp3) is 0.400. The molecule has 1 N–H and O–H groups in total. The van der Waals surface area contributed by atoms with E-state index in [1.807, 2.05) is 37.5 Å². The van der Waals surface area contributed by atoms with Crippen LogP contribution < -0.4 is 5.32 Å². The third-order valence-electron chi connectivity index (χ3n) is 3.01. The van der Waals surface area contributed by atoms with Gasteiger partial charge in [0.1, 0.15) is 5.82 Å². The van der Waals surface area contributed by atoms with Gasteiger partial charge >= 0.3 is 0 Å².